The molecule has 3 heteroatoms. The predicted molar refractivity (Wildman–Crippen MR) is 68.9 cm³/mol. The van der Waals surface area contributed by atoms with E-state index in [4.69, 9.17) is 0 Å². The minimum absolute atomic E-state index is 0.0988. The lowest BCUT2D eigenvalue weighted by Gasteiger charge is -2.39. The second kappa shape index (κ2) is 4.86. The normalized spacial score (nSPS) is 20.2. The lowest BCUT2D eigenvalue weighted by atomic mass is 9.91. The van der Waals surface area contributed by atoms with Crippen molar-refractivity contribution in [3.8, 4) is 0 Å². The fourth-order valence-electron chi connectivity index (χ4n) is 2.39. The minimum atomic E-state index is -0.278. The van der Waals surface area contributed by atoms with Crippen LogP contribution in [0.25, 0.3) is 0 Å². The van der Waals surface area contributed by atoms with Crippen LogP contribution in [0.2, 0.25) is 0 Å². The molecule has 2 nitrogen and oxygen atoms in total. The minimum Gasteiger partial charge on any atom is -0.391 e. The van der Waals surface area contributed by atoms with Gasteiger partial charge in [-0.3, -0.25) is 4.90 Å². The van der Waals surface area contributed by atoms with Crippen LogP contribution >= 0.6 is 11.3 Å². The fraction of sp³-hybridized carbons (Fsp3) is 0.692. The average Bonchev–Trinajstić information content (AvgIpc) is 2.89. The summed E-state index contributed by atoms with van der Waals surface area (Å²) in [6.45, 7) is 6.59. The molecule has 0 spiro atoms. The average molecular weight is 239 g/mol. The highest BCUT2D eigenvalue weighted by Gasteiger charge is 2.35. The molecule has 1 saturated heterocycles. The summed E-state index contributed by atoms with van der Waals surface area (Å²) < 4.78 is 0. The third-order valence-electron chi connectivity index (χ3n) is 3.75. The van der Waals surface area contributed by atoms with E-state index in [-0.39, 0.29) is 11.6 Å². The second-order valence-corrected chi connectivity index (χ2v) is 5.98. The molecule has 1 unspecified atom stereocenters. The van der Waals surface area contributed by atoms with Crippen molar-refractivity contribution in [3.05, 3.63) is 22.4 Å². The maximum atomic E-state index is 10.4. The van der Waals surface area contributed by atoms with Crippen LogP contribution in [0.4, 0.5) is 0 Å². The van der Waals surface area contributed by atoms with Gasteiger partial charge in [0.2, 0.25) is 0 Å². The largest absolute Gasteiger partial charge is 0.391 e. The molecule has 1 atom stereocenters. The summed E-state index contributed by atoms with van der Waals surface area (Å²) >= 11 is 1.70. The van der Waals surface area contributed by atoms with Gasteiger partial charge in [0.25, 0.3) is 0 Å². The highest BCUT2D eigenvalue weighted by atomic mass is 32.1. The van der Waals surface area contributed by atoms with Gasteiger partial charge >= 0.3 is 0 Å². The maximum Gasteiger partial charge on any atom is 0.0758 e. The molecule has 0 aromatic carbocycles. The molecule has 0 saturated carbocycles. The zero-order chi connectivity index (χ0) is 11.6. The molecule has 1 fully saturated rings. The molecule has 1 aromatic heterocycles. The van der Waals surface area contributed by atoms with Crippen molar-refractivity contribution in [1.82, 2.24) is 4.90 Å². The Morgan fingerprint density at radius 2 is 2.12 bits per heavy atom. The smallest absolute Gasteiger partial charge is 0.0758 e. The molecular formula is C13H21NOS. The predicted octanol–water partition coefficient (Wildman–Crippen LogP) is 2.53. The number of hydrogen-bond donors (Lipinski definition) is 1. The molecule has 0 radical (unpaired) electrons. The monoisotopic (exact) mass is 239 g/mol. The first-order valence-corrected chi connectivity index (χ1v) is 6.99. The van der Waals surface area contributed by atoms with Gasteiger partial charge in [-0.15, -0.1) is 0 Å². The van der Waals surface area contributed by atoms with Gasteiger partial charge in [0.05, 0.1) is 6.10 Å². The SMILES string of the molecule is CC(C)(C(O)Cc1ccsc1)N1CCCC1. The van der Waals surface area contributed by atoms with Crippen LogP contribution in [0.3, 0.4) is 0 Å². The summed E-state index contributed by atoms with van der Waals surface area (Å²) in [7, 11) is 0. The Bertz CT molecular complexity index is 315. The maximum absolute atomic E-state index is 10.4. The second-order valence-electron chi connectivity index (χ2n) is 5.20. The lowest BCUT2D eigenvalue weighted by Crippen LogP contribution is -2.51. The zero-order valence-electron chi connectivity index (χ0n) is 10.1. The van der Waals surface area contributed by atoms with Gasteiger partial charge in [-0.1, -0.05) is 0 Å². The van der Waals surface area contributed by atoms with E-state index in [9.17, 15) is 5.11 Å². The summed E-state index contributed by atoms with van der Waals surface area (Å²) in [5, 5.41) is 14.6. The van der Waals surface area contributed by atoms with Crippen molar-refractivity contribution in [2.24, 2.45) is 0 Å². The lowest BCUT2D eigenvalue weighted by molar-refractivity contribution is 0.00342. The van der Waals surface area contributed by atoms with Crippen LogP contribution in [0.5, 0.6) is 0 Å². The van der Waals surface area contributed by atoms with Crippen molar-refractivity contribution in [2.45, 2.75) is 44.8 Å². The summed E-state index contributed by atoms with van der Waals surface area (Å²) in [5.74, 6) is 0. The van der Waals surface area contributed by atoms with Crippen LogP contribution < -0.4 is 0 Å². The molecule has 2 rings (SSSR count). The number of aliphatic hydroxyl groups excluding tert-OH is 1. The van der Waals surface area contributed by atoms with Crippen molar-refractivity contribution in [3.63, 3.8) is 0 Å². The van der Waals surface area contributed by atoms with Gasteiger partial charge in [-0.25, -0.2) is 0 Å². The van der Waals surface area contributed by atoms with Gasteiger partial charge in [0, 0.05) is 12.0 Å². The number of nitrogens with zero attached hydrogens (tertiary/aromatic N) is 1. The topological polar surface area (TPSA) is 23.5 Å². The zero-order valence-corrected chi connectivity index (χ0v) is 11.0. The van der Waals surface area contributed by atoms with E-state index in [2.05, 4.69) is 35.6 Å². The van der Waals surface area contributed by atoms with Gasteiger partial charge in [0.1, 0.15) is 0 Å². The first-order chi connectivity index (χ1) is 7.60. The Kier molecular flexibility index (Phi) is 3.67. The van der Waals surface area contributed by atoms with Crippen molar-refractivity contribution < 1.29 is 5.11 Å². The number of hydrogen-bond acceptors (Lipinski definition) is 3. The Balaban J connectivity index is 1.99. The first-order valence-electron chi connectivity index (χ1n) is 6.05. The van der Waals surface area contributed by atoms with Crippen molar-refractivity contribution in [2.75, 3.05) is 13.1 Å². The molecule has 0 amide bonds. The number of rotatable bonds is 4. The Labute approximate surface area is 102 Å². The molecular weight excluding hydrogens is 218 g/mol. The first kappa shape index (κ1) is 12.1. The summed E-state index contributed by atoms with van der Waals surface area (Å²) in [4.78, 5) is 2.42. The Morgan fingerprint density at radius 3 is 2.69 bits per heavy atom. The summed E-state index contributed by atoms with van der Waals surface area (Å²) in [6.07, 6.45) is 3.04. The third-order valence-corrected chi connectivity index (χ3v) is 4.48. The standard InChI is InChI=1S/C13H21NOS/c1-13(2,14-6-3-4-7-14)12(15)9-11-5-8-16-10-11/h5,8,10,12,15H,3-4,6-7,9H2,1-2H3. The van der Waals surface area contributed by atoms with E-state index in [0.29, 0.717) is 0 Å². The van der Waals surface area contributed by atoms with E-state index in [1.807, 2.05) is 0 Å². The molecule has 1 N–H and O–H groups in total. The number of aliphatic hydroxyl groups is 1. The van der Waals surface area contributed by atoms with E-state index >= 15 is 0 Å². The van der Waals surface area contributed by atoms with E-state index in [0.717, 1.165) is 19.5 Å². The van der Waals surface area contributed by atoms with Crippen LogP contribution in [-0.4, -0.2) is 34.7 Å². The molecule has 16 heavy (non-hydrogen) atoms. The van der Waals surface area contributed by atoms with Gasteiger partial charge < -0.3 is 5.11 Å². The van der Waals surface area contributed by atoms with Gasteiger partial charge in [-0.2, -0.15) is 11.3 Å². The fourth-order valence-corrected chi connectivity index (χ4v) is 3.07. The number of thiophene rings is 1. The molecule has 1 aliphatic heterocycles. The van der Waals surface area contributed by atoms with E-state index < -0.39 is 0 Å². The number of likely N-dealkylation sites (tertiary alicyclic amines) is 1. The van der Waals surface area contributed by atoms with Crippen LogP contribution in [0.15, 0.2) is 16.8 Å². The molecule has 0 aliphatic carbocycles. The van der Waals surface area contributed by atoms with Crippen molar-refractivity contribution >= 4 is 11.3 Å². The molecule has 1 aromatic rings. The van der Waals surface area contributed by atoms with E-state index in [1.165, 1.54) is 18.4 Å². The summed E-state index contributed by atoms with van der Waals surface area (Å²) in [5.41, 5.74) is 1.16. The van der Waals surface area contributed by atoms with Crippen LogP contribution in [0.1, 0.15) is 32.3 Å². The highest BCUT2D eigenvalue weighted by Crippen LogP contribution is 2.26. The van der Waals surface area contributed by atoms with E-state index in [1.54, 1.807) is 11.3 Å². The molecule has 2 heterocycles. The third kappa shape index (κ3) is 2.47. The molecule has 90 valence electrons. The Hall–Kier alpha value is -0.380. The molecule has 1 aliphatic rings. The van der Waals surface area contributed by atoms with Crippen LogP contribution in [0, 0.1) is 0 Å². The van der Waals surface area contributed by atoms with Crippen molar-refractivity contribution in [1.29, 1.82) is 0 Å². The highest BCUT2D eigenvalue weighted by molar-refractivity contribution is 7.07. The van der Waals surface area contributed by atoms with Gasteiger partial charge in [0.15, 0.2) is 0 Å². The quantitative estimate of drug-likeness (QED) is 0.873. The summed E-state index contributed by atoms with van der Waals surface area (Å²) in [6, 6.07) is 2.11. The Morgan fingerprint density at radius 1 is 1.44 bits per heavy atom. The molecule has 0 bridgehead atoms. The van der Waals surface area contributed by atoms with Gasteiger partial charge in [-0.05, 0) is 62.2 Å². The van der Waals surface area contributed by atoms with Crippen LogP contribution in [-0.2, 0) is 6.42 Å².